The molecule has 2 atom stereocenters. The number of hydrogen-bond donors (Lipinski definition) is 0. The van der Waals surface area contributed by atoms with Gasteiger partial charge < -0.3 is 9.64 Å². The van der Waals surface area contributed by atoms with Crippen molar-refractivity contribution < 1.29 is 9.53 Å². The molecule has 0 bridgehead atoms. The Kier molecular flexibility index (Phi) is 6.34. The normalized spacial score (nSPS) is 22.3. The Hall–Kier alpha value is -1.57. The van der Waals surface area contributed by atoms with Gasteiger partial charge in [-0.05, 0) is 25.7 Å². The Balaban J connectivity index is 2.84. The molecule has 5 heteroatoms. The minimum absolute atomic E-state index is 0.215. The average molecular weight is 265 g/mol. The smallest absolute Gasteiger partial charge is 0.328 e. The molecule has 1 rings (SSSR count). The first kappa shape index (κ1) is 15.5. The third-order valence-electron chi connectivity index (χ3n) is 3.46. The molecule has 5 nitrogen and oxygen atoms in total. The Bertz CT molecular complexity index is 373. The van der Waals surface area contributed by atoms with Crippen molar-refractivity contribution >= 4 is 11.8 Å². The van der Waals surface area contributed by atoms with Crippen molar-refractivity contribution in [2.75, 3.05) is 13.2 Å². The summed E-state index contributed by atoms with van der Waals surface area (Å²) in [6.45, 7) is 7.09. The van der Waals surface area contributed by atoms with E-state index in [-0.39, 0.29) is 12.0 Å². The number of carbonyl (C=O) groups excluding carboxylic acids is 1. The number of carbonyl (C=O) groups is 1. The molecule has 0 aliphatic carbocycles. The number of esters is 1. The fourth-order valence-corrected chi connectivity index (χ4v) is 2.65. The van der Waals surface area contributed by atoms with Crippen LogP contribution in [-0.2, 0) is 9.53 Å². The topological polar surface area (TPSA) is 65.7 Å². The molecule has 1 saturated heterocycles. The molecule has 0 radical (unpaired) electrons. The van der Waals surface area contributed by atoms with Crippen LogP contribution >= 0.6 is 0 Å². The fourth-order valence-electron chi connectivity index (χ4n) is 2.65. The van der Waals surface area contributed by atoms with Crippen molar-refractivity contribution in [3.05, 3.63) is 0 Å². The lowest BCUT2D eigenvalue weighted by atomic mass is 10.0. The average Bonchev–Trinajstić information content (AvgIpc) is 2.75. The van der Waals surface area contributed by atoms with Crippen molar-refractivity contribution in [2.24, 2.45) is 10.9 Å². The summed E-state index contributed by atoms with van der Waals surface area (Å²) in [6, 6.07) is -0.311. The highest BCUT2D eigenvalue weighted by Crippen LogP contribution is 2.26. The zero-order valence-electron chi connectivity index (χ0n) is 12.1. The second-order valence-corrected chi connectivity index (χ2v) is 4.82. The van der Waals surface area contributed by atoms with E-state index in [1.807, 2.05) is 18.0 Å². The van der Waals surface area contributed by atoms with Crippen LogP contribution in [0.4, 0.5) is 0 Å². The molecule has 0 aromatic heterocycles. The number of aliphatic imine (C=N–C) groups is 1. The molecule has 0 amide bonds. The van der Waals surface area contributed by atoms with Gasteiger partial charge in [-0.25, -0.2) is 4.79 Å². The van der Waals surface area contributed by atoms with Crippen LogP contribution in [0.15, 0.2) is 4.99 Å². The predicted octanol–water partition coefficient (Wildman–Crippen LogP) is 2.33. The van der Waals surface area contributed by atoms with Crippen molar-refractivity contribution in [3.63, 3.8) is 0 Å². The van der Waals surface area contributed by atoms with Crippen LogP contribution in [0.25, 0.3) is 0 Å². The lowest BCUT2D eigenvalue weighted by Gasteiger charge is -2.27. The summed E-state index contributed by atoms with van der Waals surface area (Å²) in [4.78, 5) is 17.8. The molecule has 0 saturated carbocycles. The highest BCUT2D eigenvalue weighted by molar-refractivity contribution is 5.90. The van der Waals surface area contributed by atoms with Crippen molar-refractivity contribution in [1.29, 1.82) is 5.26 Å². The minimum atomic E-state index is -0.311. The third-order valence-corrected chi connectivity index (χ3v) is 3.46. The van der Waals surface area contributed by atoms with Gasteiger partial charge in [0.05, 0.1) is 6.61 Å². The molecule has 0 aromatic rings. The molecule has 0 aromatic carbocycles. The number of nitriles is 1. The first-order valence-electron chi connectivity index (χ1n) is 7.06. The summed E-state index contributed by atoms with van der Waals surface area (Å²) in [7, 11) is 0. The Morgan fingerprint density at radius 2 is 2.32 bits per heavy atom. The van der Waals surface area contributed by atoms with Gasteiger partial charge in [0.2, 0.25) is 6.19 Å². The first-order chi connectivity index (χ1) is 9.17. The van der Waals surface area contributed by atoms with Gasteiger partial charge in [0, 0.05) is 13.0 Å². The van der Waals surface area contributed by atoms with E-state index in [1.54, 1.807) is 6.92 Å². The van der Waals surface area contributed by atoms with E-state index in [2.05, 4.69) is 11.9 Å². The Labute approximate surface area is 115 Å². The summed E-state index contributed by atoms with van der Waals surface area (Å²) >= 11 is 0. The Morgan fingerprint density at radius 3 is 2.84 bits per heavy atom. The molecule has 2 unspecified atom stereocenters. The van der Waals surface area contributed by atoms with E-state index in [0.29, 0.717) is 18.9 Å². The third kappa shape index (κ3) is 3.95. The summed E-state index contributed by atoms with van der Waals surface area (Å²) < 4.78 is 5.11. The minimum Gasteiger partial charge on any atom is -0.464 e. The standard InChI is InChI=1S/C14H23N3O2/c1-4-7-11-8-13(16-10-15)17(9-11)12(5-2)14(18)19-6-3/h11-12H,4-9H2,1-3H3. The molecule has 106 valence electrons. The summed E-state index contributed by atoms with van der Waals surface area (Å²) in [6.07, 6.45) is 5.51. The largest absolute Gasteiger partial charge is 0.464 e. The maximum absolute atomic E-state index is 12.0. The number of nitrogens with zero attached hydrogens (tertiary/aromatic N) is 3. The number of likely N-dealkylation sites (tertiary alicyclic amines) is 1. The van der Waals surface area contributed by atoms with Crippen LogP contribution in [0.1, 0.15) is 46.5 Å². The molecular weight excluding hydrogens is 242 g/mol. The van der Waals surface area contributed by atoms with Crippen LogP contribution < -0.4 is 0 Å². The zero-order valence-corrected chi connectivity index (χ0v) is 12.1. The van der Waals surface area contributed by atoms with E-state index in [1.165, 1.54) is 0 Å². The van der Waals surface area contributed by atoms with Crippen LogP contribution in [0, 0.1) is 17.4 Å². The first-order valence-corrected chi connectivity index (χ1v) is 7.06. The highest BCUT2D eigenvalue weighted by Gasteiger charge is 2.35. The van der Waals surface area contributed by atoms with Crippen molar-refractivity contribution in [1.82, 2.24) is 4.90 Å². The molecule has 1 fully saturated rings. The summed E-state index contributed by atoms with van der Waals surface area (Å²) in [5.74, 6) is 1.01. The van der Waals surface area contributed by atoms with Crippen LogP contribution in [0.5, 0.6) is 0 Å². The fraction of sp³-hybridized carbons (Fsp3) is 0.786. The van der Waals surface area contributed by atoms with Crippen molar-refractivity contribution in [3.8, 4) is 6.19 Å². The maximum atomic E-state index is 12.0. The second kappa shape index (κ2) is 7.78. The summed E-state index contributed by atoms with van der Waals surface area (Å²) in [5, 5.41) is 8.78. The number of hydrogen-bond acceptors (Lipinski definition) is 4. The quantitative estimate of drug-likeness (QED) is 0.546. The molecule has 1 aliphatic heterocycles. The zero-order chi connectivity index (χ0) is 14.3. The lowest BCUT2D eigenvalue weighted by Crippen LogP contribution is -2.42. The lowest BCUT2D eigenvalue weighted by molar-refractivity contribution is -0.148. The molecular formula is C14H23N3O2. The van der Waals surface area contributed by atoms with Crippen LogP contribution in [-0.4, -0.2) is 35.9 Å². The van der Waals surface area contributed by atoms with E-state index >= 15 is 0 Å². The maximum Gasteiger partial charge on any atom is 0.328 e. The van der Waals surface area contributed by atoms with E-state index < -0.39 is 0 Å². The SMILES string of the molecule is CCCC1CC(=NC#N)N(C(CC)C(=O)OCC)C1. The number of amidine groups is 1. The van der Waals surface area contributed by atoms with Gasteiger partial charge in [-0.2, -0.15) is 10.3 Å². The van der Waals surface area contributed by atoms with E-state index in [4.69, 9.17) is 10.00 Å². The van der Waals surface area contributed by atoms with Gasteiger partial charge in [0.1, 0.15) is 11.9 Å². The monoisotopic (exact) mass is 265 g/mol. The van der Waals surface area contributed by atoms with Gasteiger partial charge in [0.15, 0.2) is 0 Å². The molecule has 19 heavy (non-hydrogen) atoms. The van der Waals surface area contributed by atoms with E-state index in [0.717, 1.165) is 31.6 Å². The van der Waals surface area contributed by atoms with Crippen LogP contribution in [0.2, 0.25) is 0 Å². The predicted molar refractivity (Wildman–Crippen MR) is 73.5 cm³/mol. The van der Waals surface area contributed by atoms with Gasteiger partial charge in [-0.15, -0.1) is 0 Å². The molecule has 0 spiro atoms. The van der Waals surface area contributed by atoms with E-state index in [9.17, 15) is 4.79 Å². The molecule has 1 heterocycles. The number of rotatable bonds is 6. The molecule has 0 N–H and O–H groups in total. The molecule has 1 aliphatic rings. The van der Waals surface area contributed by atoms with Gasteiger partial charge in [-0.3, -0.25) is 0 Å². The van der Waals surface area contributed by atoms with Crippen molar-refractivity contribution in [2.45, 2.75) is 52.5 Å². The highest BCUT2D eigenvalue weighted by atomic mass is 16.5. The van der Waals surface area contributed by atoms with Gasteiger partial charge >= 0.3 is 5.97 Å². The van der Waals surface area contributed by atoms with Crippen LogP contribution in [0.3, 0.4) is 0 Å². The van der Waals surface area contributed by atoms with Gasteiger partial charge in [-0.1, -0.05) is 20.3 Å². The van der Waals surface area contributed by atoms with Gasteiger partial charge in [0.25, 0.3) is 0 Å². The summed E-state index contributed by atoms with van der Waals surface area (Å²) in [5.41, 5.74) is 0. The second-order valence-electron chi connectivity index (χ2n) is 4.82. The Morgan fingerprint density at radius 1 is 1.58 bits per heavy atom. The number of ether oxygens (including phenoxy) is 1.